The van der Waals surface area contributed by atoms with Crippen LogP contribution in [-0.2, 0) is 11.8 Å². The second kappa shape index (κ2) is 4.09. The monoisotopic (exact) mass is 231 g/mol. The Morgan fingerprint density at radius 1 is 1.59 bits per heavy atom. The summed E-state index contributed by atoms with van der Waals surface area (Å²) in [6, 6.07) is 1.03. The maximum Gasteiger partial charge on any atom is 0.276 e. The van der Waals surface area contributed by atoms with Crippen LogP contribution in [-0.4, -0.2) is 20.6 Å². The predicted molar refractivity (Wildman–Crippen MR) is 58.0 cm³/mol. The van der Waals surface area contributed by atoms with Crippen molar-refractivity contribution in [3.63, 3.8) is 0 Å². The Morgan fingerprint density at radius 2 is 2.35 bits per heavy atom. The molecule has 1 atom stereocenters. The van der Waals surface area contributed by atoms with E-state index in [1.807, 2.05) is 6.07 Å². The van der Waals surface area contributed by atoms with Gasteiger partial charge in [-0.25, -0.2) is 4.52 Å². The fraction of sp³-hybridized carbons (Fsp3) is 0.200. The third kappa shape index (κ3) is 1.65. The molecule has 0 fully saturated rings. The van der Waals surface area contributed by atoms with Gasteiger partial charge in [0.2, 0.25) is 6.41 Å². The van der Waals surface area contributed by atoms with Crippen molar-refractivity contribution in [1.82, 2.24) is 19.5 Å². The number of carbonyl (C=O) groups is 1. The van der Waals surface area contributed by atoms with Crippen molar-refractivity contribution in [2.24, 2.45) is 7.05 Å². The molecule has 1 amide bonds. The third-order valence-corrected chi connectivity index (χ3v) is 2.45. The minimum absolute atomic E-state index is 0.270. The van der Waals surface area contributed by atoms with Gasteiger partial charge < -0.3 is 9.88 Å². The highest BCUT2D eigenvalue weighted by atomic mass is 16.1. The Balaban J connectivity index is 2.71. The Morgan fingerprint density at radius 3 is 3.00 bits per heavy atom. The van der Waals surface area contributed by atoms with Gasteiger partial charge in [0.25, 0.3) is 5.56 Å². The predicted octanol–water partition coefficient (Wildman–Crippen LogP) is -0.656. The maximum absolute atomic E-state index is 11.9. The Bertz CT molecular complexity index is 663. The van der Waals surface area contributed by atoms with Gasteiger partial charge in [-0.2, -0.15) is 10.4 Å². The normalized spacial score (nSPS) is 12.0. The highest BCUT2D eigenvalue weighted by Crippen LogP contribution is 2.14. The molecule has 2 aromatic rings. The Kier molecular flexibility index (Phi) is 2.62. The number of fused-ring (bicyclic) bond motifs is 1. The molecule has 0 aliphatic rings. The zero-order chi connectivity index (χ0) is 12.4. The lowest BCUT2D eigenvalue weighted by molar-refractivity contribution is -0.109. The summed E-state index contributed by atoms with van der Waals surface area (Å²) in [5, 5.41) is 15.2. The van der Waals surface area contributed by atoms with Gasteiger partial charge in [-0.3, -0.25) is 9.59 Å². The Hall–Kier alpha value is -2.62. The van der Waals surface area contributed by atoms with E-state index in [-0.39, 0.29) is 11.1 Å². The minimum atomic E-state index is -0.875. The SMILES string of the molecule is Cn1ccn2ncc(C(C#N)NC=O)c2c1=O. The number of hydrogen-bond donors (Lipinski definition) is 1. The summed E-state index contributed by atoms with van der Waals surface area (Å²) < 4.78 is 2.77. The van der Waals surface area contributed by atoms with E-state index in [1.54, 1.807) is 19.4 Å². The minimum Gasteiger partial charge on any atom is -0.339 e. The van der Waals surface area contributed by atoms with Gasteiger partial charge in [-0.1, -0.05) is 0 Å². The summed E-state index contributed by atoms with van der Waals surface area (Å²) in [7, 11) is 1.60. The van der Waals surface area contributed by atoms with Crippen LogP contribution in [0, 0.1) is 11.3 Å². The van der Waals surface area contributed by atoms with Crippen molar-refractivity contribution in [2.45, 2.75) is 6.04 Å². The molecule has 17 heavy (non-hydrogen) atoms. The molecule has 2 rings (SSSR count). The van der Waals surface area contributed by atoms with E-state index in [1.165, 1.54) is 15.3 Å². The van der Waals surface area contributed by atoms with Crippen molar-refractivity contribution < 1.29 is 4.79 Å². The number of hydrogen-bond acceptors (Lipinski definition) is 4. The highest BCUT2D eigenvalue weighted by molar-refractivity contribution is 5.58. The lowest BCUT2D eigenvalue weighted by Crippen LogP contribution is -2.22. The zero-order valence-electron chi connectivity index (χ0n) is 8.99. The number of aryl methyl sites for hydroxylation is 1. The molecule has 1 unspecified atom stereocenters. The number of nitrogens with zero attached hydrogens (tertiary/aromatic N) is 4. The van der Waals surface area contributed by atoms with Gasteiger partial charge in [0.1, 0.15) is 11.6 Å². The second-order valence-electron chi connectivity index (χ2n) is 3.45. The molecule has 0 bridgehead atoms. The molecule has 7 heteroatoms. The number of amides is 1. The average molecular weight is 231 g/mol. The molecule has 0 saturated carbocycles. The molecule has 1 N–H and O–H groups in total. The summed E-state index contributed by atoms with van der Waals surface area (Å²) in [6.07, 6.45) is 5.00. The molecule has 0 aliphatic heterocycles. The summed E-state index contributed by atoms with van der Waals surface area (Å²) in [5.74, 6) is 0. The molecule has 86 valence electrons. The molecule has 7 nitrogen and oxygen atoms in total. The average Bonchev–Trinajstić information content (AvgIpc) is 2.75. The maximum atomic E-state index is 11.9. The van der Waals surface area contributed by atoms with E-state index >= 15 is 0 Å². The van der Waals surface area contributed by atoms with Crippen LogP contribution in [0.5, 0.6) is 0 Å². The molecular weight excluding hydrogens is 222 g/mol. The topological polar surface area (TPSA) is 92.2 Å². The molecule has 0 aromatic carbocycles. The molecule has 0 radical (unpaired) electrons. The Labute approximate surface area is 95.9 Å². The quantitative estimate of drug-likeness (QED) is 0.710. The fourth-order valence-corrected chi connectivity index (χ4v) is 1.58. The number of aromatic nitrogens is 3. The number of carbonyl (C=O) groups excluding carboxylic acids is 1. The largest absolute Gasteiger partial charge is 0.339 e. The summed E-state index contributed by atoms with van der Waals surface area (Å²) in [6.45, 7) is 0. The number of rotatable bonds is 3. The first-order chi connectivity index (χ1) is 8.19. The van der Waals surface area contributed by atoms with Crippen LogP contribution in [0.1, 0.15) is 11.6 Å². The lowest BCUT2D eigenvalue weighted by Gasteiger charge is -2.05. The first-order valence-corrected chi connectivity index (χ1v) is 4.81. The van der Waals surface area contributed by atoms with Crippen molar-refractivity contribution in [3.05, 3.63) is 34.5 Å². The van der Waals surface area contributed by atoms with Crippen LogP contribution in [0.15, 0.2) is 23.4 Å². The van der Waals surface area contributed by atoms with Crippen molar-refractivity contribution in [2.75, 3.05) is 0 Å². The van der Waals surface area contributed by atoms with Crippen LogP contribution in [0.4, 0.5) is 0 Å². The van der Waals surface area contributed by atoms with E-state index < -0.39 is 6.04 Å². The fourth-order valence-electron chi connectivity index (χ4n) is 1.58. The summed E-state index contributed by atoms with van der Waals surface area (Å²) in [5.41, 5.74) is 0.407. The van der Waals surface area contributed by atoms with Crippen LogP contribution < -0.4 is 10.9 Å². The number of nitriles is 1. The van der Waals surface area contributed by atoms with Crippen LogP contribution >= 0.6 is 0 Å². The van der Waals surface area contributed by atoms with Crippen LogP contribution in [0.3, 0.4) is 0 Å². The van der Waals surface area contributed by atoms with E-state index in [0.717, 1.165) is 0 Å². The van der Waals surface area contributed by atoms with Gasteiger partial charge in [0, 0.05) is 25.0 Å². The van der Waals surface area contributed by atoms with Gasteiger partial charge in [0.15, 0.2) is 0 Å². The van der Waals surface area contributed by atoms with E-state index in [2.05, 4.69) is 10.4 Å². The van der Waals surface area contributed by atoms with E-state index in [0.29, 0.717) is 12.0 Å². The molecule has 0 spiro atoms. The lowest BCUT2D eigenvalue weighted by atomic mass is 10.1. The standard InChI is InChI=1S/C10H9N5O2/c1-14-2-3-15-9(10(14)17)7(5-13-15)8(4-11)12-6-16/h2-3,5-6,8H,1H3,(H,12,16). The smallest absolute Gasteiger partial charge is 0.276 e. The second-order valence-corrected chi connectivity index (χ2v) is 3.45. The van der Waals surface area contributed by atoms with Crippen molar-refractivity contribution in [3.8, 4) is 6.07 Å². The van der Waals surface area contributed by atoms with Gasteiger partial charge in [-0.05, 0) is 0 Å². The molecule has 2 heterocycles. The molecule has 2 aromatic heterocycles. The van der Waals surface area contributed by atoms with E-state index in [9.17, 15) is 9.59 Å². The number of nitrogens with one attached hydrogen (secondary N) is 1. The van der Waals surface area contributed by atoms with Gasteiger partial charge in [-0.15, -0.1) is 0 Å². The van der Waals surface area contributed by atoms with Crippen LogP contribution in [0.25, 0.3) is 5.52 Å². The zero-order valence-corrected chi connectivity index (χ0v) is 8.99. The molecular formula is C10H9N5O2. The van der Waals surface area contributed by atoms with Crippen molar-refractivity contribution in [1.29, 1.82) is 5.26 Å². The molecule has 0 saturated heterocycles. The third-order valence-electron chi connectivity index (χ3n) is 2.45. The van der Waals surface area contributed by atoms with E-state index in [4.69, 9.17) is 5.26 Å². The first-order valence-electron chi connectivity index (χ1n) is 4.81. The summed E-state index contributed by atoms with van der Waals surface area (Å²) >= 11 is 0. The van der Waals surface area contributed by atoms with Gasteiger partial charge in [0.05, 0.1) is 12.3 Å². The first kappa shape index (κ1) is 10.9. The van der Waals surface area contributed by atoms with Gasteiger partial charge >= 0.3 is 0 Å². The van der Waals surface area contributed by atoms with Crippen LogP contribution in [0.2, 0.25) is 0 Å². The van der Waals surface area contributed by atoms with Crippen molar-refractivity contribution >= 4 is 11.9 Å². The highest BCUT2D eigenvalue weighted by Gasteiger charge is 2.17. The molecule has 0 aliphatic carbocycles. The summed E-state index contributed by atoms with van der Waals surface area (Å²) in [4.78, 5) is 22.3.